The molecule has 7 nitrogen and oxygen atoms in total. The second kappa shape index (κ2) is 8.44. The molecule has 0 aromatic heterocycles. The largest absolute Gasteiger partial charge is 0.497 e. The van der Waals surface area contributed by atoms with Gasteiger partial charge in [-0.15, -0.1) is 0 Å². The Morgan fingerprint density at radius 3 is 2.33 bits per heavy atom. The topological polar surface area (TPSA) is 91.3 Å². The molecule has 33 heavy (non-hydrogen) atoms. The quantitative estimate of drug-likeness (QED) is 0.532. The van der Waals surface area contributed by atoms with Crippen LogP contribution in [0, 0.1) is 11.3 Å². The Bertz CT molecular complexity index is 926. The second-order valence-corrected chi connectivity index (χ2v) is 10.2. The van der Waals surface area contributed by atoms with Crippen molar-refractivity contribution < 1.29 is 33.6 Å². The van der Waals surface area contributed by atoms with Gasteiger partial charge in [0, 0.05) is 19.8 Å². The van der Waals surface area contributed by atoms with Gasteiger partial charge in [0.2, 0.25) is 0 Å². The molecule has 180 valence electrons. The molecule has 2 aliphatic carbocycles. The van der Waals surface area contributed by atoms with E-state index < -0.39 is 53.0 Å². The van der Waals surface area contributed by atoms with Crippen LogP contribution in [0.15, 0.2) is 36.6 Å². The number of fused-ring (bicyclic) bond motifs is 1. The SMILES string of the molecule is CC(=O)OC1CCC(O)C23OC(C)(C)C(CC(OC=Cc4ccccc4)C12C)C3OC(C)=O. The van der Waals surface area contributed by atoms with Crippen LogP contribution in [0.25, 0.3) is 6.08 Å². The van der Waals surface area contributed by atoms with Crippen molar-refractivity contribution in [3.8, 4) is 0 Å². The Balaban J connectivity index is 1.79. The minimum Gasteiger partial charge on any atom is -0.497 e. The first-order valence-electron chi connectivity index (χ1n) is 11.6. The molecule has 1 saturated heterocycles. The molecular formula is C26H34O7. The Morgan fingerprint density at radius 1 is 1.03 bits per heavy atom. The fourth-order valence-electron chi connectivity index (χ4n) is 6.39. The predicted molar refractivity (Wildman–Crippen MR) is 121 cm³/mol. The summed E-state index contributed by atoms with van der Waals surface area (Å²) in [6.07, 6.45) is 2.28. The van der Waals surface area contributed by atoms with Crippen LogP contribution in [0.4, 0.5) is 0 Å². The van der Waals surface area contributed by atoms with Crippen molar-refractivity contribution in [1.82, 2.24) is 0 Å². The summed E-state index contributed by atoms with van der Waals surface area (Å²) in [5.74, 6) is -1.04. The van der Waals surface area contributed by atoms with Gasteiger partial charge in [-0.3, -0.25) is 9.59 Å². The average Bonchev–Trinajstić information content (AvgIpc) is 2.90. The third-order valence-electron chi connectivity index (χ3n) is 7.86. The van der Waals surface area contributed by atoms with E-state index in [-0.39, 0.29) is 5.92 Å². The molecule has 4 rings (SSSR count). The molecule has 1 N–H and O–H groups in total. The van der Waals surface area contributed by atoms with Gasteiger partial charge < -0.3 is 24.1 Å². The van der Waals surface area contributed by atoms with Crippen LogP contribution in [0.3, 0.4) is 0 Å². The van der Waals surface area contributed by atoms with Crippen LogP contribution in [0.2, 0.25) is 0 Å². The van der Waals surface area contributed by atoms with Crippen LogP contribution >= 0.6 is 0 Å². The first-order valence-corrected chi connectivity index (χ1v) is 11.6. The average molecular weight is 459 g/mol. The van der Waals surface area contributed by atoms with Gasteiger partial charge in [0.15, 0.2) is 0 Å². The van der Waals surface area contributed by atoms with Crippen molar-refractivity contribution in [2.75, 3.05) is 0 Å². The van der Waals surface area contributed by atoms with Crippen molar-refractivity contribution in [1.29, 1.82) is 0 Å². The van der Waals surface area contributed by atoms with E-state index in [0.717, 1.165) is 5.56 Å². The minimum absolute atomic E-state index is 0.199. The molecule has 7 atom stereocenters. The third kappa shape index (κ3) is 3.75. The summed E-state index contributed by atoms with van der Waals surface area (Å²) in [4.78, 5) is 24.1. The van der Waals surface area contributed by atoms with Crippen molar-refractivity contribution >= 4 is 18.0 Å². The lowest BCUT2D eigenvalue weighted by molar-refractivity contribution is -0.300. The summed E-state index contributed by atoms with van der Waals surface area (Å²) in [6.45, 7) is 8.57. The van der Waals surface area contributed by atoms with Crippen LogP contribution < -0.4 is 0 Å². The maximum absolute atomic E-state index is 12.1. The number of ether oxygens (including phenoxy) is 4. The molecule has 2 bridgehead atoms. The number of hydrogen-bond acceptors (Lipinski definition) is 7. The minimum atomic E-state index is -1.27. The molecule has 1 spiro atoms. The molecule has 2 saturated carbocycles. The standard InChI is InChI=1S/C26H34O7/c1-16(27)31-21-12-11-20(29)26-23(32-17(2)28)19(24(3,4)33-26)15-22(25(21,26)5)30-14-13-18-9-7-6-8-10-18/h6-10,13-14,19-23,29H,11-12,15H2,1-5H3. The molecule has 3 aliphatic rings. The van der Waals surface area contributed by atoms with Gasteiger partial charge in [-0.25, -0.2) is 0 Å². The number of esters is 2. The van der Waals surface area contributed by atoms with Crippen molar-refractivity contribution in [3.63, 3.8) is 0 Å². The second-order valence-electron chi connectivity index (χ2n) is 10.2. The van der Waals surface area contributed by atoms with E-state index in [9.17, 15) is 14.7 Å². The van der Waals surface area contributed by atoms with Crippen molar-refractivity contribution in [2.45, 2.75) is 89.5 Å². The number of carbonyl (C=O) groups is 2. The molecular weight excluding hydrogens is 424 g/mol. The van der Waals surface area contributed by atoms with Crippen LogP contribution in [-0.2, 0) is 28.5 Å². The Morgan fingerprint density at radius 2 is 1.70 bits per heavy atom. The normalized spacial score (nSPS) is 39.0. The van der Waals surface area contributed by atoms with Gasteiger partial charge in [0.25, 0.3) is 0 Å². The van der Waals surface area contributed by atoms with Gasteiger partial charge in [-0.2, -0.15) is 0 Å². The summed E-state index contributed by atoms with van der Waals surface area (Å²) in [6, 6.07) is 9.80. The first-order chi connectivity index (χ1) is 15.5. The zero-order valence-electron chi connectivity index (χ0n) is 19.9. The maximum atomic E-state index is 12.1. The molecule has 1 aromatic rings. The van der Waals surface area contributed by atoms with Gasteiger partial charge in [-0.1, -0.05) is 30.3 Å². The lowest BCUT2D eigenvalue weighted by Gasteiger charge is -2.60. The number of aliphatic hydroxyl groups excluding tert-OH is 1. The van der Waals surface area contributed by atoms with Crippen LogP contribution in [0.5, 0.6) is 0 Å². The zero-order valence-corrected chi connectivity index (χ0v) is 19.9. The molecule has 1 aromatic carbocycles. The van der Waals surface area contributed by atoms with E-state index in [4.69, 9.17) is 18.9 Å². The Hall–Kier alpha value is -2.38. The molecule has 0 amide bonds. The molecule has 0 radical (unpaired) electrons. The summed E-state index contributed by atoms with van der Waals surface area (Å²) in [7, 11) is 0. The van der Waals surface area contributed by atoms with Gasteiger partial charge in [0.05, 0.1) is 23.4 Å². The van der Waals surface area contributed by atoms with Gasteiger partial charge in [-0.05, 0) is 51.7 Å². The lowest BCUT2D eigenvalue weighted by Crippen LogP contribution is -2.75. The molecule has 1 heterocycles. The lowest BCUT2D eigenvalue weighted by atomic mass is 9.51. The Kier molecular flexibility index (Phi) is 6.08. The maximum Gasteiger partial charge on any atom is 0.303 e. The summed E-state index contributed by atoms with van der Waals surface area (Å²) in [5, 5.41) is 11.4. The highest BCUT2D eigenvalue weighted by atomic mass is 16.6. The van der Waals surface area contributed by atoms with Crippen LogP contribution in [-0.4, -0.2) is 52.7 Å². The molecule has 7 heteroatoms. The summed E-state index contributed by atoms with van der Waals surface area (Å²) in [5.41, 5.74) is -1.91. The fraction of sp³-hybridized carbons (Fsp3) is 0.615. The van der Waals surface area contributed by atoms with Crippen molar-refractivity contribution in [2.24, 2.45) is 11.3 Å². The van der Waals surface area contributed by atoms with E-state index in [1.165, 1.54) is 13.8 Å². The fourth-order valence-corrected chi connectivity index (χ4v) is 6.39. The zero-order chi connectivity index (χ0) is 24.0. The third-order valence-corrected chi connectivity index (χ3v) is 7.86. The van der Waals surface area contributed by atoms with Crippen molar-refractivity contribution in [3.05, 3.63) is 42.2 Å². The molecule has 7 unspecified atom stereocenters. The number of rotatable bonds is 5. The molecule has 3 fully saturated rings. The first kappa shape index (κ1) is 23.8. The number of hydrogen-bond donors (Lipinski definition) is 1. The highest BCUT2D eigenvalue weighted by Gasteiger charge is 2.79. The highest BCUT2D eigenvalue weighted by molar-refractivity contribution is 5.67. The molecule has 1 aliphatic heterocycles. The van der Waals surface area contributed by atoms with E-state index in [1.807, 2.05) is 57.2 Å². The summed E-state index contributed by atoms with van der Waals surface area (Å²) >= 11 is 0. The van der Waals surface area contributed by atoms with Gasteiger partial charge in [0.1, 0.15) is 23.9 Å². The number of aliphatic hydroxyl groups is 1. The highest BCUT2D eigenvalue weighted by Crippen LogP contribution is 2.66. The predicted octanol–water partition coefficient (Wildman–Crippen LogP) is 3.63. The van der Waals surface area contributed by atoms with Gasteiger partial charge >= 0.3 is 11.9 Å². The Labute approximate surface area is 195 Å². The van der Waals surface area contributed by atoms with Crippen LogP contribution in [0.1, 0.15) is 59.4 Å². The number of carbonyl (C=O) groups excluding carboxylic acids is 2. The van der Waals surface area contributed by atoms with E-state index in [2.05, 4.69) is 0 Å². The van der Waals surface area contributed by atoms with E-state index in [1.54, 1.807) is 6.26 Å². The monoisotopic (exact) mass is 458 g/mol. The van der Waals surface area contributed by atoms with E-state index in [0.29, 0.717) is 19.3 Å². The smallest absolute Gasteiger partial charge is 0.303 e. The number of benzene rings is 1. The summed E-state index contributed by atoms with van der Waals surface area (Å²) < 4.78 is 24.7. The van der Waals surface area contributed by atoms with E-state index >= 15 is 0 Å².